The maximum Gasteiger partial charge on any atom is 0.177 e. The minimum absolute atomic E-state index is 0.165. The summed E-state index contributed by atoms with van der Waals surface area (Å²) < 4.78 is 16.9. The second-order valence-electron chi connectivity index (χ2n) is 5.14. The van der Waals surface area contributed by atoms with E-state index in [0.29, 0.717) is 6.61 Å². The molecule has 20 heavy (non-hydrogen) atoms. The van der Waals surface area contributed by atoms with E-state index in [0.717, 1.165) is 38.4 Å². The van der Waals surface area contributed by atoms with Crippen LogP contribution in [0.2, 0.25) is 0 Å². The number of ether oxygens (including phenoxy) is 3. The van der Waals surface area contributed by atoms with Crippen LogP contribution >= 0.6 is 0 Å². The highest BCUT2D eigenvalue weighted by Gasteiger charge is 2.26. The molecule has 0 aromatic heterocycles. The fourth-order valence-electron chi connectivity index (χ4n) is 2.49. The summed E-state index contributed by atoms with van der Waals surface area (Å²) in [7, 11) is 0. The second-order valence-corrected chi connectivity index (χ2v) is 5.14. The van der Waals surface area contributed by atoms with Crippen LogP contribution in [0.1, 0.15) is 5.56 Å². The van der Waals surface area contributed by atoms with Crippen LogP contribution in [0.3, 0.4) is 0 Å². The van der Waals surface area contributed by atoms with Gasteiger partial charge < -0.3 is 14.2 Å². The largest absolute Gasteiger partial charge is 0.379 e. The number of rotatable bonds is 4. The molecule has 2 atom stereocenters. The zero-order chi connectivity index (χ0) is 13.6. The lowest BCUT2D eigenvalue weighted by atomic mass is 10.2. The SMILES string of the molecule is C(=C\C1OCC(CN2CCOCC2)O1)/c1ccccc1. The van der Waals surface area contributed by atoms with Crippen molar-refractivity contribution in [2.75, 3.05) is 39.5 Å². The molecule has 2 unspecified atom stereocenters. The zero-order valence-corrected chi connectivity index (χ0v) is 11.6. The molecule has 0 saturated carbocycles. The molecule has 108 valence electrons. The molecule has 2 heterocycles. The highest BCUT2D eigenvalue weighted by atomic mass is 16.7. The Balaban J connectivity index is 1.46. The van der Waals surface area contributed by atoms with Crippen molar-refractivity contribution in [1.82, 2.24) is 4.90 Å². The summed E-state index contributed by atoms with van der Waals surface area (Å²) in [6.07, 6.45) is 3.97. The average Bonchev–Trinajstić information content (AvgIpc) is 2.95. The lowest BCUT2D eigenvalue weighted by molar-refractivity contribution is -0.0340. The van der Waals surface area contributed by atoms with Crippen LogP contribution < -0.4 is 0 Å². The highest BCUT2D eigenvalue weighted by Crippen LogP contribution is 2.16. The first-order valence-electron chi connectivity index (χ1n) is 7.20. The summed E-state index contributed by atoms with van der Waals surface area (Å²) in [5, 5.41) is 0. The van der Waals surface area contributed by atoms with Crippen LogP contribution in [0.15, 0.2) is 36.4 Å². The van der Waals surface area contributed by atoms with Gasteiger partial charge in [0, 0.05) is 19.6 Å². The molecule has 1 aromatic carbocycles. The quantitative estimate of drug-likeness (QED) is 0.838. The van der Waals surface area contributed by atoms with Crippen LogP contribution in [0.4, 0.5) is 0 Å². The Morgan fingerprint density at radius 2 is 1.95 bits per heavy atom. The molecule has 0 spiro atoms. The van der Waals surface area contributed by atoms with Crippen molar-refractivity contribution in [3.8, 4) is 0 Å². The molecular formula is C16H21NO3. The summed E-state index contributed by atoms with van der Waals surface area (Å²) in [6, 6.07) is 10.2. The normalized spacial score (nSPS) is 28.2. The van der Waals surface area contributed by atoms with E-state index in [-0.39, 0.29) is 12.4 Å². The summed E-state index contributed by atoms with van der Waals surface area (Å²) >= 11 is 0. The van der Waals surface area contributed by atoms with E-state index in [1.807, 2.05) is 30.4 Å². The Hall–Kier alpha value is -1.20. The van der Waals surface area contributed by atoms with Crippen LogP contribution in [-0.2, 0) is 14.2 Å². The zero-order valence-electron chi connectivity index (χ0n) is 11.6. The molecule has 3 rings (SSSR count). The predicted molar refractivity (Wildman–Crippen MR) is 77.3 cm³/mol. The van der Waals surface area contributed by atoms with E-state index in [9.17, 15) is 0 Å². The third kappa shape index (κ3) is 3.90. The van der Waals surface area contributed by atoms with Gasteiger partial charge in [0.15, 0.2) is 6.29 Å². The summed E-state index contributed by atoms with van der Waals surface area (Å²) in [5.74, 6) is 0. The van der Waals surface area contributed by atoms with Gasteiger partial charge in [-0.1, -0.05) is 36.4 Å². The smallest absolute Gasteiger partial charge is 0.177 e. The van der Waals surface area contributed by atoms with Gasteiger partial charge >= 0.3 is 0 Å². The lowest BCUT2D eigenvalue weighted by Crippen LogP contribution is -2.41. The molecule has 2 aliphatic heterocycles. The molecular weight excluding hydrogens is 254 g/mol. The van der Waals surface area contributed by atoms with Crippen molar-refractivity contribution in [2.45, 2.75) is 12.4 Å². The van der Waals surface area contributed by atoms with Crippen molar-refractivity contribution in [2.24, 2.45) is 0 Å². The van der Waals surface area contributed by atoms with Crippen LogP contribution in [0.25, 0.3) is 6.08 Å². The molecule has 0 amide bonds. The van der Waals surface area contributed by atoms with Crippen molar-refractivity contribution < 1.29 is 14.2 Å². The monoisotopic (exact) mass is 275 g/mol. The second kappa shape index (κ2) is 6.99. The molecule has 0 bridgehead atoms. The topological polar surface area (TPSA) is 30.9 Å². The van der Waals surface area contributed by atoms with Crippen LogP contribution in [-0.4, -0.2) is 56.7 Å². The van der Waals surface area contributed by atoms with Gasteiger partial charge in [0.25, 0.3) is 0 Å². The maximum absolute atomic E-state index is 5.89. The number of hydrogen-bond donors (Lipinski definition) is 0. The Labute approximate surface area is 119 Å². The standard InChI is InChI=1S/C16H21NO3/c1-2-4-14(5-3-1)6-7-16-19-13-15(20-16)12-17-8-10-18-11-9-17/h1-7,15-16H,8-13H2/b7-6+. The molecule has 2 saturated heterocycles. The van der Waals surface area contributed by atoms with Gasteiger partial charge in [0.2, 0.25) is 0 Å². The third-order valence-electron chi connectivity index (χ3n) is 3.58. The fraction of sp³-hybridized carbons (Fsp3) is 0.500. The van der Waals surface area contributed by atoms with E-state index in [2.05, 4.69) is 17.0 Å². The van der Waals surface area contributed by atoms with Crippen LogP contribution in [0.5, 0.6) is 0 Å². The van der Waals surface area contributed by atoms with Crippen molar-refractivity contribution >= 4 is 6.08 Å². The first kappa shape index (κ1) is 13.8. The molecule has 0 aliphatic carbocycles. The van der Waals surface area contributed by atoms with E-state index >= 15 is 0 Å². The molecule has 2 fully saturated rings. The Morgan fingerprint density at radius 1 is 1.15 bits per heavy atom. The van der Waals surface area contributed by atoms with Gasteiger partial charge in [-0.2, -0.15) is 0 Å². The van der Waals surface area contributed by atoms with E-state index in [1.165, 1.54) is 0 Å². The van der Waals surface area contributed by atoms with E-state index in [1.54, 1.807) is 0 Å². The van der Waals surface area contributed by atoms with Gasteiger partial charge in [-0.25, -0.2) is 0 Å². The minimum atomic E-state index is -0.221. The maximum atomic E-state index is 5.89. The predicted octanol–water partition coefficient (Wildman–Crippen LogP) is 1.77. The summed E-state index contributed by atoms with van der Waals surface area (Å²) in [5.41, 5.74) is 1.16. The molecule has 1 aromatic rings. The first-order chi connectivity index (χ1) is 9.90. The Bertz CT molecular complexity index is 429. The van der Waals surface area contributed by atoms with Crippen molar-refractivity contribution in [3.63, 3.8) is 0 Å². The van der Waals surface area contributed by atoms with Gasteiger partial charge in [-0.05, 0) is 11.6 Å². The molecule has 4 heteroatoms. The van der Waals surface area contributed by atoms with E-state index < -0.39 is 0 Å². The molecule has 2 aliphatic rings. The van der Waals surface area contributed by atoms with Gasteiger partial charge in [0.1, 0.15) is 0 Å². The number of nitrogens with zero attached hydrogens (tertiary/aromatic N) is 1. The van der Waals surface area contributed by atoms with Gasteiger partial charge in [-0.3, -0.25) is 4.90 Å². The molecule has 0 radical (unpaired) electrons. The van der Waals surface area contributed by atoms with Crippen molar-refractivity contribution in [3.05, 3.63) is 42.0 Å². The number of benzene rings is 1. The lowest BCUT2D eigenvalue weighted by Gasteiger charge is -2.28. The summed E-state index contributed by atoms with van der Waals surface area (Å²) in [6.45, 7) is 5.23. The van der Waals surface area contributed by atoms with E-state index in [4.69, 9.17) is 14.2 Å². The number of hydrogen-bond acceptors (Lipinski definition) is 4. The minimum Gasteiger partial charge on any atom is -0.379 e. The fourth-order valence-corrected chi connectivity index (χ4v) is 2.49. The average molecular weight is 275 g/mol. The Kier molecular flexibility index (Phi) is 4.82. The first-order valence-corrected chi connectivity index (χ1v) is 7.20. The van der Waals surface area contributed by atoms with Gasteiger partial charge in [-0.15, -0.1) is 0 Å². The third-order valence-corrected chi connectivity index (χ3v) is 3.58. The Morgan fingerprint density at radius 3 is 2.75 bits per heavy atom. The summed E-state index contributed by atoms with van der Waals surface area (Å²) in [4.78, 5) is 2.38. The molecule has 4 nitrogen and oxygen atoms in total. The number of morpholine rings is 1. The van der Waals surface area contributed by atoms with Crippen LogP contribution in [0, 0.1) is 0 Å². The highest BCUT2D eigenvalue weighted by molar-refractivity contribution is 5.49. The van der Waals surface area contributed by atoms with Crippen molar-refractivity contribution in [1.29, 1.82) is 0 Å². The van der Waals surface area contributed by atoms with Gasteiger partial charge in [0.05, 0.1) is 25.9 Å². The molecule has 0 N–H and O–H groups in total.